The molecule has 0 aromatic carbocycles. The second-order valence-corrected chi connectivity index (χ2v) is 10.8. The molecule has 42 heavy (non-hydrogen) atoms. The molecular weight excluding hydrogens is 545 g/mol. The third-order valence-corrected chi connectivity index (χ3v) is 6.36. The first-order valence-electron chi connectivity index (χ1n) is 13.6. The van der Waals surface area contributed by atoms with Crippen LogP contribution in [0.3, 0.4) is 0 Å². The van der Waals surface area contributed by atoms with Crippen LogP contribution in [-0.2, 0) is 27.3 Å². The van der Waals surface area contributed by atoms with Crippen molar-refractivity contribution in [3.63, 3.8) is 0 Å². The van der Waals surface area contributed by atoms with E-state index in [9.17, 15) is 23.6 Å². The first kappa shape index (κ1) is 32.0. The largest absolute Gasteiger partial charge is 0.436 e. The number of carbonyl (C=O) groups is 3. The summed E-state index contributed by atoms with van der Waals surface area (Å²) in [5.41, 5.74) is 1.37. The van der Waals surface area contributed by atoms with Crippen LogP contribution in [0.15, 0.2) is 35.3 Å². The molecule has 0 spiro atoms. The normalized spacial score (nSPS) is 12.1. The average molecular weight is 584 g/mol. The predicted octanol–water partition coefficient (Wildman–Crippen LogP) is 3.24. The molecule has 3 heterocycles. The molecule has 0 bridgehead atoms. The summed E-state index contributed by atoms with van der Waals surface area (Å²) in [6, 6.07) is 3.12. The van der Waals surface area contributed by atoms with Crippen LogP contribution in [0, 0.1) is 18.7 Å². The Hall–Kier alpha value is -4.55. The molecule has 0 saturated carbocycles. The molecule has 2 N–H and O–H groups in total. The van der Waals surface area contributed by atoms with Crippen LogP contribution in [0.1, 0.15) is 43.9 Å². The standard InChI is InChI=1S/C29H38FN7O5/c1-17(2)14-21-26-25(19(30)15-31-21)33-23(34-26)16-37-18(3)12-13-20(28(37)40)32-27(39)22(42-29(41)36(6)7)10-8-9-11-24(38)35(4)5/h9,11-13,15,17,22H,8,10,14,16H2,1-7H3,(H,32,39)(H,33,34)/b11-9+. The van der Waals surface area contributed by atoms with Gasteiger partial charge in [0, 0.05) is 33.9 Å². The van der Waals surface area contributed by atoms with Gasteiger partial charge in [-0.3, -0.25) is 19.4 Å². The van der Waals surface area contributed by atoms with Crippen LogP contribution in [0.2, 0.25) is 0 Å². The molecule has 1 atom stereocenters. The minimum atomic E-state index is -1.22. The van der Waals surface area contributed by atoms with Crippen LogP contribution in [0.25, 0.3) is 11.0 Å². The Morgan fingerprint density at radius 1 is 1.17 bits per heavy atom. The number of aromatic amines is 1. The fourth-order valence-electron chi connectivity index (χ4n) is 4.06. The average Bonchev–Trinajstić information content (AvgIpc) is 3.36. The second-order valence-electron chi connectivity index (χ2n) is 10.8. The lowest BCUT2D eigenvalue weighted by atomic mass is 10.1. The van der Waals surface area contributed by atoms with E-state index in [0.29, 0.717) is 35.1 Å². The van der Waals surface area contributed by atoms with Gasteiger partial charge in [-0.05, 0) is 50.3 Å². The van der Waals surface area contributed by atoms with E-state index in [1.165, 1.54) is 40.6 Å². The molecule has 12 nitrogen and oxygen atoms in total. The molecule has 0 aliphatic carbocycles. The number of pyridine rings is 2. The number of fused-ring (bicyclic) bond motifs is 1. The number of amides is 3. The number of anilines is 1. The van der Waals surface area contributed by atoms with E-state index in [-0.39, 0.29) is 36.5 Å². The van der Waals surface area contributed by atoms with Crippen molar-refractivity contribution in [2.45, 2.75) is 52.7 Å². The Bertz CT molecular complexity index is 1540. The maximum atomic E-state index is 14.5. The predicted molar refractivity (Wildman–Crippen MR) is 157 cm³/mol. The lowest BCUT2D eigenvalue weighted by Gasteiger charge is -2.20. The maximum Gasteiger partial charge on any atom is 0.410 e. The highest BCUT2D eigenvalue weighted by atomic mass is 19.1. The fraction of sp³-hybridized carbons (Fsp3) is 0.448. The van der Waals surface area contributed by atoms with Gasteiger partial charge in [0.2, 0.25) is 5.91 Å². The van der Waals surface area contributed by atoms with E-state index in [1.54, 1.807) is 33.2 Å². The zero-order chi connectivity index (χ0) is 31.1. The molecule has 0 aliphatic rings. The Morgan fingerprint density at radius 2 is 1.88 bits per heavy atom. The molecule has 0 saturated heterocycles. The minimum absolute atomic E-state index is 0.00659. The van der Waals surface area contributed by atoms with E-state index in [2.05, 4.69) is 20.3 Å². The zero-order valence-electron chi connectivity index (χ0n) is 25.0. The third kappa shape index (κ3) is 8.02. The number of hydrogen-bond donors (Lipinski definition) is 2. The number of imidazole rings is 1. The minimum Gasteiger partial charge on any atom is -0.436 e. The smallest absolute Gasteiger partial charge is 0.410 e. The highest BCUT2D eigenvalue weighted by molar-refractivity contribution is 5.95. The maximum absolute atomic E-state index is 14.5. The number of aromatic nitrogens is 4. The monoisotopic (exact) mass is 583 g/mol. The molecule has 13 heteroatoms. The fourth-order valence-corrected chi connectivity index (χ4v) is 4.06. The Labute approximate surface area is 243 Å². The van der Waals surface area contributed by atoms with Gasteiger partial charge in [0.15, 0.2) is 11.9 Å². The van der Waals surface area contributed by atoms with Crippen molar-refractivity contribution in [1.82, 2.24) is 29.3 Å². The summed E-state index contributed by atoms with van der Waals surface area (Å²) in [5, 5.41) is 2.57. The third-order valence-electron chi connectivity index (χ3n) is 6.36. The molecule has 0 fully saturated rings. The van der Waals surface area contributed by atoms with Gasteiger partial charge in [0.05, 0.1) is 24.0 Å². The molecule has 3 aromatic rings. The number of hydrogen-bond acceptors (Lipinski definition) is 7. The first-order valence-corrected chi connectivity index (χ1v) is 13.6. The number of likely N-dealkylation sites (N-methyl/N-ethyl adjacent to an activating group) is 1. The number of halogens is 1. The Morgan fingerprint density at radius 3 is 2.52 bits per heavy atom. The quantitative estimate of drug-likeness (QED) is 0.330. The van der Waals surface area contributed by atoms with E-state index in [0.717, 1.165) is 6.20 Å². The molecule has 226 valence electrons. The van der Waals surface area contributed by atoms with E-state index < -0.39 is 29.5 Å². The summed E-state index contributed by atoms with van der Waals surface area (Å²) in [6.45, 7) is 5.79. The lowest BCUT2D eigenvalue weighted by molar-refractivity contribution is -0.125. The summed E-state index contributed by atoms with van der Waals surface area (Å²) in [4.78, 5) is 64.9. The molecular formula is C29H38FN7O5. The molecule has 3 aromatic heterocycles. The second kappa shape index (κ2) is 13.9. The Kier molecular flexibility index (Phi) is 10.6. The topological polar surface area (TPSA) is 143 Å². The summed E-state index contributed by atoms with van der Waals surface area (Å²) in [6.07, 6.45) is 3.13. The number of H-pyrrole nitrogens is 1. The van der Waals surface area contributed by atoms with Crippen molar-refractivity contribution >= 4 is 34.6 Å². The molecule has 0 radical (unpaired) electrons. The van der Waals surface area contributed by atoms with Crippen molar-refractivity contribution < 1.29 is 23.5 Å². The van der Waals surface area contributed by atoms with Gasteiger partial charge in [0.1, 0.15) is 17.0 Å². The summed E-state index contributed by atoms with van der Waals surface area (Å²) in [7, 11) is 6.20. The van der Waals surface area contributed by atoms with Crippen LogP contribution < -0.4 is 10.9 Å². The van der Waals surface area contributed by atoms with Crippen molar-refractivity contribution in [2.75, 3.05) is 33.5 Å². The van der Waals surface area contributed by atoms with Crippen LogP contribution in [-0.4, -0.2) is 81.5 Å². The van der Waals surface area contributed by atoms with Gasteiger partial charge < -0.3 is 29.4 Å². The highest BCUT2D eigenvalue weighted by Crippen LogP contribution is 2.21. The van der Waals surface area contributed by atoms with Crippen molar-refractivity contribution in [2.24, 2.45) is 5.92 Å². The number of rotatable bonds is 11. The molecule has 1 unspecified atom stereocenters. The number of carbonyl (C=O) groups excluding carboxylic acids is 3. The number of nitrogens with zero attached hydrogens (tertiary/aromatic N) is 5. The Balaban J connectivity index is 1.85. The van der Waals surface area contributed by atoms with Gasteiger partial charge in [-0.25, -0.2) is 14.2 Å². The molecule has 3 rings (SSSR count). The van der Waals surface area contributed by atoms with Gasteiger partial charge in [-0.15, -0.1) is 0 Å². The van der Waals surface area contributed by atoms with E-state index >= 15 is 0 Å². The zero-order valence-corrected chi connectivity index (χ0v) is 25.0. The SMILES string of the molecule is Cc1ccc(NC(=O)C(CC/C=C/C(=O)N(C)C)OC(=O)N(C)C)c(=O)n1Cc1nc2c(F)cnc(CC(C)C)c2[nH]1. The summed E-state index contributed by atoms with van der Waals surface area (Å²) in [5.74, 6) is -0.835. The van der Waals surface area contributed by atoms with Crippen molar-refractivity contribution in [3.05, 3.63) is 63.9 Å². The number of allylic oxidation sites excluding steroid dienone is 1. The number of nitrogens with one attached hydrogen (secondary N) is 2. The lowest BCUT2D eigenvalue weighted by Crippen LogP contribution is -2.38. The molecule has 0 aliphatic heterocycles. The first-order chi connectivity index (χ1) is 19.8. The van der Waals surface area contributed by atoms with Crippen LogP contribution >= 0.6 is 0 Å². The summed E-state index contributed by atoms with van der Waals surface area (Å²) >= 11 is 0. The van der Waals surface area contributed by atoms with Gasteiger partial charge >= 0.3 is 6.09 Å². The van der Waals surface area contributed by atoms with Gasteiger partial charge in [-0.2, -0.15) is 0 Å². The molecule has 3 amide bonds. The van der Waals surface area contributed by atoms with Crippen LogP contribution in [0.5, 0.6) is 0 Å². The van der Waals surface area contributed by atoms with Gasteiger partial charge in [0.25, 0.3) is 11.5 Å². The van der Waals surface area contributed by atoms with Crippen molar-refractivity contribution in [1.29, 1.82) is 0 Å². The van der Waals surface area contributed by atoms with E-state index in [4.69, 9.17) is 4.74 Å². The van der Waals surface area contributed by atoms with E-state index in [1.807, 2.05) is 13.8 Å². The highest BCUT2D eigenvalue weighted by Gasteiger charge is 2.25. The number of ether oxygens (including phenoxy) is 1. The van der Waals surface area contributed by atoms with Crippen molar-refractivity contribution in [3.8, 4) is 0 Å². The van der Waals surface area contributed by atoms with Gasteiger partial charge in [-0.1, -0.05) is 19.9 Å². The number of aryl methyl sites for hydroxylation is 1. The van der Waals surface area contributed by atoms with Crippen LogP contribution in [0.4, 0.5) is 14.9 Å². The summed E-state index contributed by atoms with van der Waals surface area (Å²) < 4.78 is 21.3.